The Morgan fingerprint density at radius 1 is 0.528 bits per heavy atom. The Morgan fingerprint density at radius 3 is 1.61 bits per heavy atom. The van der Waals surface area contributed by atoms with Crippen LogP contribution in [0.1, 0.15) is 211 Å². The van der Waals surface area contributed by atoms with Crippen LogP contribution in [0.3, 0.4) is 0 Å². The van der Waals surface area contributed by atoms with E-state index in [1.807, 2.05) is 0 Å². The van der Waals surface area contributed by atoms with Gasteiger partial charge in [0.15, 0.2) is 83.4 Å². The maximum absolute atomic E-state index is 16.4. The highest BCUT2D eigenvalue weighted by Gasteiger charge is 2.82. The Morgan fingerprint density at radius 2 is 1.07 bits per heavy atom. The molecule has 680 valence electrons. The van der Waals surface area contributed by atoms with Crippen molar-refractivity contribution in [2.24, 2.45) is 17.8 Å². The molecule has 0 spiro atoms. The van der Waals surface area contributed by atoms with Crippen molar-refractivity contribution in [3.05, 3.63) is 50.8 Å². The number of ketones is 6. The highest BCUT2D eigenvalue weighted by molar-refractivity contribution is 6.43. The molecule has 34 atom stereocenters. The van der Waals surface area contributed by atoms with Crippen LogP contribution in [-0.2, 0) is 82.3 Å². The third-order valence-electron chi connectivity index (χ3n) is 28.4. The number of Topliss-reactive ketones (excluding diaryl/α,β-unsaturated/α-hetero) is 6. The Kier molecular flexibility index (Phi) is 24.5. The average Bonchev–Trinajstić information content (AvgIpc) is 1.49. The van der Waals surface area contributed by atoms with Gasteiger partial charge in [0, 0.05) is 54.9 Å². The second-order valence-corrected chi connectivity index (χ2v) is 35.3. The van der Waals surface area contributed by atoms with Crippen molar-refractivity contribution >= 4 is 51.0 Å². The second-order valence-electron chi connectivity index (χ2n) is 35.3. The number of aromatic hydroxyl groups is 4. The van der Waals surface area contributed by atoms with Crippen molar-refractivity contribution in [2.75, 3.05) is 27.9 Å². The van der Waals surface area contributed by atoms with Gasteiger partial charge in [-0.05, 0) is 98.6 Å². The summed E-state index contributed by atoms with van der Waals surface area (Å²) in [6.07, 6.45) is -38.1. The fraction of sp³-hybridized carbons (Fsp3) is 0.718. The van der Waals surface area contributed by atoms with E-state index in [0.717, 1.165) is 28.3 Å². The van der Waals surface area contributed by atoms with E-state index in [-0.39, 0.29) is 75.3 Å². The van der Waals surface area contributed by atoms with Gasteiger partial charge in [0.25, 0.3) is 0 Å². The van der Waals surface area contributed by atoms with Gasteiger partial charge in [-0.25, -0.2) is 0 Å². The van der Waals surface area contributed by atoms with E-state index < -0.39 is 350 Å². The zero-order chi connectivity index (χ0) is 89.4. The predicted octanol–water partition coefficient (Wildman–Crippen LogP) is 1.23. The van der Waals surface area contributed by atoms with Crippen molar-refractivity contribution in [1.29, 1.82) is 0 Å². The largest absolute Gasteiger partial charge is 0.507 e. The molecule has 38 heteroatoms. The average molecular weight is 1740 g/mol. The van der Waals surface area contributed by atoms with Gasteiger partial charge in [-0.2, -0.15) is 0 Å². The van der Waals surface area contributed by atoms with Crippen LogP contribution in [0.2, 0.25) is 0 Å². The van der Waals surface area contributed by atoms with E-state index >= 15 is 19.2 Å². The van der Waals surface area contributed by atoms with Crippen molar-refractivity contribution in [1.82, 2.24) is 0 Å². The molecule has 12 aliphatic rings. The second kappa shape index (κ2) is 33.1. The summed E-state index contributed by atoms with van der Waals surface area (Å²) < 4.78 is 100. The number of aliphatic hydroxyl groups excluding tert-OH is 7. The van der Waals surface area contributed by atoms with Crippen LogP contribution in [0.4, 0.5) is 0 Å². The summed E-state index contributed by atoms with van der Waals surface area (Å²) in [7, 11) is 3.06. The normalized spacial score (nSPS) is 43.5. The molecule has 0 radical (unpaired) electrons. The van der Waals surface area contributed by atoms with Crippen LogP contribution in [0.15, 0.2) is 11.8 Å². The number of benzene rings is 3. The molecular weight excluding hydrogens is 1630 g/mol. The number of phenolic OH excluding ortho intramolecular Hbond substituents is 4. The standard InChI is InChI=1S/C85H112O38/c1-14-21-81(104)77(121-44-18-16-42(30(4)112-44)117-46-20-23-80(103,34(8)86)36(10)116-46)66(98)69(119-47-26-40(88)58(90)32(6)114-47)39-25-37-24-38-50(60(92)49(37)74(100)84(39,81)106)61(93)54(72(110-13)68(38)108-11)53-62(94)51-52(65(97)71(53)109-12)63(95)55-56(64(51)96)75(101)85(107)57-70(55)123-82(85,22-15-2)78(67(99)73(57)120-48-27-41(89)59(91)33(7)115-48)122-45-19-17-43(31(5)113-45)118-79-76(102)83(105,35(9)87)29(3)28-111-79/h24,29-33,36,39-48,57-59,66-67,69-70,73,76-79,88-93,95-96,98-99,102-107H,14-23,25-28H2,1-13H3/t29?,30-,31-,32+,33+,36-,39+,40-,41-,42+,43+,44+,45+,46-,47+,48+,57+,58+,59+,66+,67+,69-,70-,73-,76?,77-,78-,79?,80+,81-,82-,83?,84+,85+/m0/s1. The fourth-order valence-corrected chi connectivity index (χ4v) is 21.8. The van der Waals surface area contributed by atoms with Gasteiger partial charge in [-0.15, -0.1) is 0 Å². The quantitative estimate of drug-likeness (QED) is 0.0629. The molecule has 0 amide bonds. The van der Waals surface area contributed by atoms with Crippen LogP contribution in [0.25, 0.3) is 16.3 Å². The molecule has 3 aromatic rings. The van der Waals surface area contributed by atoms with Gasteiger partial charge in [0.2, 0.25) is 23.1 Å². The van der Waals surface area contributed by atoms with Crippen LogP contribution >= 0.6 is 0 Å². The molecule has 7 heterocycles. The molecule has 2 saturated carbocycles. The van der Waals surface area contributed by atoms with Crippen LogP contribution in [0.5, 0.6) is 34.5 Å². The highest BCUT2D eigenvalue weighted by atomic mass is 16.8. The zero-order valence-electron chi connectivity index (χ0n) is 70.3. The molecule has 4 bridgehead atoms. The molecule has 4 unspecified atom stereocenters. The van der Waals surface area contributed by atoms with Crippen molar-refractivity contribution in [2.45, 2.75) is 340 Å². The minimum absolute atomic E-state index is 0.0156. The molecular formula is C85H112O38. The van der Waals surface area contributed by atoms with Gasteiger partial charge in [-0.1, -0.05) is 33.6 Å². The summed E-state index contributed by atoms with van der Waals surface area (Å²) >= 11 is 0. The smallest absolute Gasteiger partial charge is 0.232 e. The number of allylic oxidation sites excluding steroid dienone is 2. The lowest BCUT2D eigenvalue weighted by Crippen LogP contribution is -2.80. The third-order valence-corrected chi connectivity index (χ3v) is 28.4. The molecule has 16 N–H and O–H groups in total. The first-order valence-corrected chi connectivity index (χ1v) is 42.1. The SMILES string of the molecule is CCC[C@@]12O[C@H]3c4c(O)c5c(c(O)c4C(=O)[C@]1(O)[C@H]3[C@H](O[C@@H]1C[C@H](O)[C@H](O)[C@@H](C)O1)[C@@H](O)[C@@H]2O[C@@H]1CC[C@@H](OC2OCC(C)C(O)(C(C)=O)C2O)[C@H](C)O1)C(=O)C(c1c(OC)c(OC)c2cc3c(c(O)c2c1O)C(=O)[C@]1(O)[C@H](C3)[C@H](O[C@@H]2C[C@H](O)[C@H](O)[C@@H](C)O2)[C@@H](O)[C@H](O[C@@H]2CC[C@@H](O[C@H]3CC[C@@](O)(C(C)=O)[C@H](C)O3)[C@H](C)O2)[C@@]1(O)CCC)=C(OC)C5=O. The molecule has 123 heavy (non-hydrogen) atoms. The van der Waals surface area contributed by atoms with Crippen molar-refractivity contribution in [3.8, 4) is 34.5 Å². The Bertz CT molecular complexity index is 4680. The summed E-state index contributed by atoms with van der Waals surface area (Å²) in [4.78, 5) is 89.9. The lowest BCUT2D eigenvalue weighted by molar-refractivity contribution is -0.358. The maximum atomic E-state index is 16.4. The van der Waals surface area contributed by atoms with E-state index in [9.17, 15) is 91.3 Å². The number of fused-ring (bicyclic) bond motifs is 6. The summed E-state index contributed by atoms with van der Waals surface area (Å²) in [5.41, 5.74) is -22.4. The monoisotopic (exact) mass is 1740 g/mol. The van der Waals surface area contributed by atoms with Gasteiger partial charge >= 0.3 is 0 Å². The molecule has 7 saturated heterocycles. The predicted molar refractivity (Wildman–Crippen MR) is 413 cm³/mol. The number of hydrogen-bond donors (Lipinski definition) is 16. The molecule has 15 rings (SSSR count). The summed E-state index contributed by atoms with van der Waals surface area (Å²) in [6.45, 7) is 14.6. The minimum atomic E-state index is -3.22. The topological polar surface area (TPSA) is 574 Å². The summed E-state index contributed by atoms with van der Waals surface area (Å²) in [6, 6.07) is 1.24. The first kappa shape index (κ1) is 91.0. The molecule has 5 aliphatic carbocycles. The lowest BCUT2D eigenvalue weighted by Gasteiger charge is -2.60. The summed E-state index contributed by atoms with van der Waals surface area (Å²) in [5, 5.41) is 196. The van der Waals surface area contributed by atoms with E-state index in [1.165, 1.54) is 33.8 Å². The number of carbonyl (C=O) groups excluding carboxylic acids is 6. The molecule has 0 aromatic heterocycles. The number of rotatable bonds is 22. The number of phenols is 4. The number of carbonyl (C=O) groups is 6. The Labute approximate surface area is 705 Å². The van der Waals surface area contributed by atoms with E-state index in [0.29, 0.717) is 0 Å². The van der Waals surface area contributed by atoms with Gasteiger partial charge in [0.05, 0.1) is 146 Å². The maximum Gasteiger partial charge on any atom is 0.232 e. The van der Waals surface area contributed by atoms with E-state index in [4.69, 9.17) is 75.8 Å². The first-order valence-electron chi connectivity index (χ1n) is 42.1. The number of aliphatic hydroxyl groups is 12. The molecule has 3 aromatic carbocycles. The van der Waals surface area contributed by atoms with E-state index in [2.05, 4.69) is 0 Å². The third kappa shape index (κ3) is 13.6. The van der Waals surface area contributed by atoms with Crippen LogP contribution in [0, 0.1) is 17.8 Å². The Balaban J connectivity index is 0.800. The number of methoxy groups -OCH3 is 3. The summed E-state index contributed by atoms with van der Waals surface area (Å²) in [5.74, 6) is -18.6. The van der Waals surface area contributed by atoms with Crippen molar-refractivity contribution < 1.29 is 186 Å². The lowest BCUT2D eigenvalue weighted by atomic mass is 9.53. The van der Waals surface area contributed by atoms with E-state index in [1.54, 1.807) is 34.6 Å². The van der Waals surface area contributed by atoms with Gasteiger partial charge in [0.1, 0.15) is 82.5 Å². The van der Waals surface area contributed by atoms with Gasteiger partial charge < -0.3 is 157 Å². The molecule has 7 aliphatic heterocycles. The first-order chi connectivity index (χ1) is 58.0. The van der Waals surface area contributed by atoms with Crippen LogP contribution < -0.4 is 9.47 Å². The number of hydrogen-bond acceptors (Lipinski definition) is 38. The van der Waals surface area contributed by atoms with Crippen LogP contribution in [-0.4, -0.2) is 326 Å². The van der Waals surface area contributed by atoms with Gasteiger partial charge in [-0.3, -0.25) is 28.8 Å². The zero-order valence-corrected chi connectivity index (χ0v) is 70.3. The minimum Gasteiger partial charge on any atom is -0.507 e. The molecule has 9 fully saturated rings. The highest BCUT2D eigenvalue weighted by Crippen LogP contribution is 2.69. The Hall–Kier alpha value is -6.72. The van der Waals surface area contributed by atoms with Crippen molar-refractivity contribution in [3.63, 3.8) is 0 Å². The molecule has 38 nitrogen and oxygen atoms in total. The number of ether oxygens (including phenoxy) is 16. The fourth-order valence-electron chi connectivity index (χ4n) is 21.8.